The van der Waals surface area contributed by atoms with Gasteiger partial charge in [-0.05, 0) is 53.2 Å². The summed E-state index contributed by atoms with van der Waals surface area (Å²) in [5, 5.41) is 5.38. The summed E-state index contributed by atoms with van der Waals surface area (Å²) in [7, 11) is 0. The van der Waals surface area contributed by atoms with Crippen molar-refractivity contribution in [3.63, 3.8) is 0 Å². The molecule has 0 aromatic heterocycles. The third kappa shape index (κ3) is 3.58. The third-order valence-electron chi connectivity index (χ3n) is 2.79. The molecule has 3 nitrogen and oxygen atoms in total. The van der Waals surface area contributed by atoms with E-state index in [0.29, 0.717) is 11.0 Å². The Labute approximate surface area is 129 Å². The molecular weight excluding hydrogens is 342 g/mol. The zero-order chi connectivity index (χ0) is 15.4. The molecule has 0 saturated carbocycles. The molecule has 0 heterocycles. The average Bonchev–Trinajstić information content (AvgIpc) is 2.45. The van der Waals surface area contributed by atoms with E-state index >= 15 is 0 Å². The molecule has 0 radical (unpaired) electrons. The van der Waals surface area contributed by atoms with Gasteiger partial charge in [-0.15, -0.1) is 0 Å². The molecule has 2 N–H and O–H groups in total. The van der Waals surface area contributed by atoms with Crippen LogP contribution in [0.5, 0.6) is 0 Å². The average molecular weight is 355 g/mol. The monoisotopic (exact) mass is 354 g/mol. The smallest absolute Gasteiger partial charge is 0.257 e. The van der Waals surface area contributed by atoms with Gasteiger partial charge in [-0.1, -0.05) is 6.07 Å². The molecule has 0 atom stereocenters. The molecule has 0 aliphatic rings. The fourth-order valence-electron chi connectivity index (χ4n) is 1.85. The van der Waals surface area contributed by atoms with Gasteiger partial charge in [0.1, 0.15) is 11.6 Å². The summed E-state index contributed by atoms with van der Waals surface area (Å²) in [6.07, 6.45) is 0. The number of halogens is 3. The zero-order valence-corrected chi connectivity index (χ0v) is 12.8. The Bertz CT molecular complexity index is 677. The number of carbonyl (C=O) groups excluding carboxylic acids is 1. The zero-order valence-electron chi connectivity index (χ0n) is 11.2. The molecule has 0 fully saturated rings. The van der Waals surface area contributed by atoms with Crippen LogP contribution in [0.1, 0.15) is 17.3 Å². The fraction of sp³-hybridized carbons (Fsp3) is 0.133. The van der Waals surface area contributed by atoms with Crippen LogP contribution in [0.25, 0.3) is 0 Å². The molecule has 0 aliphatic heterocycles. The highest BCUT2D eigenvalue weighted by atomic mass is 79.9. The lowest BCUT2D eigenvalue weighted by Crippen LogP contribution is -2.16. The van der Waals surface area contributed by atoms with E-state index in [2.05, 4.69) is 26.6 Å². The molecule has 2 aromatic carbocycles. The van der Waals surface area contributed by atoms with Crippen LogP contribution in [-0.2, 0) is 0 Å². The highest BCUT2D eigenvalue weighted by molar-refractivity contribution is 9.10. The maximum atomic E-state index is 13.8. The number of nitrogens with one attached hydrogen (secondary N) is 2. The first-order chi connectivity index (χ1) is 10.0. The van der Waals surface area contributed by atoms with Gasteiger partial charge >= 0.3 is 0 Å². The second kappa shape index (κ2) is 6.67. The van der Waals surface area contributed by atoms with Crippen molar-refractivity contribution in [2.75, 3.05) is 17.2 Å². The number of para-hydroxylation sites is 1. The Hall–Kier alpha value is -1.95. The van der Waals surface area contributed by atoms with Crippen molar-refractivity contribution in [2.24, 2.45) is 0 Å². The van der Waals surface area contributed by atoms with Gasteiger partial charge in [-0.3, -0.25) is 4.79 Å². The van der Waals surface area contributed by atoms with Crippen LogP contribution in [0.3, 0.4) is 0 Å². The number of hydrogen-bond donors (Lipinski definition) is 2. The Balaban J connectivity index is 2.32. The van der Waals surface area contributed by atoms with E-state index in [-0.39, 0.29) is 16.9 Å². The van der Waals surface area contributed by atoms with Crippen LogP contribution in [0.2, 0.25) is 0 Å². The number of amides is 1. The lowest BCUT2D eigenvalue weighted by Gasteiger charge is -2.12. The molecule has 0 bridgehead atoms. The molecule has 0 spiro atoms. The molecule has 2 rings (SSSR count). The van der Waals surface area contributed by atoms with Gasteiger partial charge in [0.25, 0.3) is 5.91 Å². The van der Waals surface area contributed by atoms with Gasteiger partial charge in [0, 0.05) is 11.0 Å². The first kappa shape index (κ1) is 15.4. The number of anilines is 2. The van der Waals surface area contributed by atoms with Crippen LogP contribution in [0.15, 0.2) is 40.9 Å². The maximum absolute atomic E-state index is 13.8. The molecule has 0 aliphatic carbocycles. The third-order valence-corrected chi connectivity index (χ3v) is 3.48. The molecule has 2 aromatic rings. The summed E-state index contributed by atoms with van der Waals surface area (Å²) < 4.78 is 27.5. The first-order valence-corrected chi connectivity index (χ1v) is 7.11. The minimum atomic E-state index is -0.517. The predicted molar refractivity (Wildman–Crippen MR) is 82.6 cm³/mol. The Morgan fingerprint density at radius 3 is 2.71 bits per heavy atom. The van der Waals surface area contributed by atoms with Crippen molar-refractivity contribution in [1.82, 2.24) is 0 Å². The van der Waals surface area contributed by atoms with Gasteiger partial charge in [0.15, 0.2) is 0 Å². The molecular formula is C15H13BrF2N2O. The van der Waals surface area contributed by atoms with Gasteiger partial charge in [0.2, 0.25) is 0 Å². The van der Waals surface area contributed by atoms with E-state index in [1.165, 1.54) is 36.4 Å². The Kier molecular flexibility index (Phi) is 4.90. The molecule has 0 unspecified atom stereocenters. The van der Waals surface area contributed by atoms with E-state index in [1.807, 2.05) is 0 Å². The summed E-state index contributed by atoms with van der Waals surface area (Å²) >= 11 is 3.22. The molecule has 110 valence electrons. The minimum absolute atomic E-state index is 0.130. The van der Waals surface area contributed by atoms with Gasteiger partial charge < -0.3 is 10.6 Å². The molecule has 6 heteroatoms. The number of carbonyl (C=O) groups is 1. The summed E-state index contributed by atoms with van der Waals surface area (Å²) in [6, 6.07) is 8.17. The quantitative estimate of drug-likeness (QED) is 0.853. The molecule has 21 heavy (non-hydrogen) atoms. The Morgan fingerprint density at radius 2 is 2.00 bits per heavy atom. The van der Waals surface area contributed by atoms with Crippen molar-refractivity contribution in [3.8, 4) is 0 Å². The largest absolute Gasteiger partial charge is 0.382 e. The predicted octanol–water partition coefficient (Wildman–Crippen LogP) is 4.41. The normalized spacial score (nSPS) is 10.3. The second-order valence-electron chi connectivity index (χ2n) is 4.27. The highest BCUT2D eigenvalue weighted by Gasteiger charge is 2.16. The Morgan fingerprint density at radius 1 is 1.24 bits per heavy atom. The van der Waals surface area contributed by atoms with E-state index < -0.39 is 17.5 Å². The summed E-state index contributed by atoms with van der Waals surface area (Å²) in [5.41, 5.74) is 0.574. The number of hydrogen-bond acceptors (Lipinski definition) is 2. The van der Waals surface area contributed by atoms with Crippen LogP contribution in [0, 0.1) is 11.6 Å². The molecule has 0 saturated heterocycles. The topological polar surface area (TPSA) is 41.1 Å². The van der Waals surface area contributed by atoms with Crippen molar-refractivity contribution in [3.05, 3.63) is 58.1 Å². The standard InChI is InChI=1S/C15H13BrF2N2O/c1-2-19-14-10(4-3-5-12(14)18)15(21)20-13-8-9(17)6-7-11(13)16/h3-8,19H,2H2,1H3,(H,20,21). The van der Waals surface area contributed by atoms with Gasteiger partial charge in [0.05, 0.1) is 16.9 Å². The van der Waals surface area contributed by atoms with Crippen molar-refractivity contribution in [1.29, 1.82) is 0 Å². The number of rotatable bonds is 4. The fourth-order valence-corrected chi connectivity index (χ4v) is 2.20. The van der Waals surface area contributed by atoms with Crippen LogP contribution >= 0.6 is 15.9 Å². The van der Waals surface area contributed by atoms with E-state index in [4.69, 9.17) is 0 Å². The van der Waals surface area contributed by atoms with Gasteiger partial charge in [-0.25, -0.2) is 8.78 Å². The SMILES string of the molecule is CCNc1c(F)cccc1C(=O)Nc1cc(F)ccc1Br. The maximum Gasteiger partial charge on any atom is 0.257 e. The molecule has 1 amide bonds. The second-order valence-corrected chi connectivity index (χ2v) is 5.13. The lowest BCUT2D eigenvalue weighted by molar-refractivity contribution is 0.102. The first-order valence-electron chi connectivity index (χ1n) is 6.31. The highest BCUT2D eigenvalue weighted by Crippen LogP contribution is 2.26. The van der Waals surface area contributed by atoms with E-state index in [9.17, 15) is 13.6 Å². The van der Waals surface area contributed by atoms with Crippen molar-refractivity contribution >= 4 is 33.2 Å². The summed E-state index contributed by atoms with van der Waals surface area (Å²) in [4.78, 5) is 12.3. The van der Waals surface area contributed by atoms with E-state index in [1.54, 1.807) is 6.92 Å². The summed E-state index contributed by atoms with van der Waals surface area (Å²) in [6.45, 7) is 2.28. The van der Waals surface area contributed by atoms with Crippen LogP contribution < -0.4 is 10.6 Å². The van der Waals surface area contributed by atoms with Gasteiger partial charge in [-0.2, -0.15) is 0 Å². The van der Waals surface area contributed by atoms with E-state index in [0.717, 1.165) is 0 Å². The summed E-state index contributed by atoms with van der Waals surface area (Å²) in [5.74, 6) is -1.50. The van der Waals surface area contributed by atoms with Crippen molar-refractivity contribution < 1.29 is 13.6 Å². The minimum Gasteiger partial charge on any atom is -0.382 e. The van der Waals surface area contributed by atoms with Crippen molar-refractivity contribution in [2.45, 2.75) is 6.92 Å². The van der Waals surface area contributed by atoms with Crippen LogP contribution in [-0.4, -0.2) is 12.5 Å². The van der Waals surface area contributed by atoms with Crippen LogP contribution in [0.4, 0.5) is 20.2 Å². The number of benzene rings is 2. The lowest BCUT2D eigenvalue weighted by atomic mass is 10.1.